The highest BCUT2D eigenvalue weighted by Crippen LogP contribution is 2.29. The van der Waals surface area contributed by atoms with Crippen molar-refractivity contribution < 1.29 is 4.92 Å². The van der Waals surface area contributed by atoms with Gasteiger partial charge in [-0.1, -0.05) is 0 Å². The second-order valence-corrected chi connectivity index (χ2v) is 3.10. The fraction of sp³-hybridized carbons (Fsp3) is 0.100. The number of nitrogens with zero attached hydrogens (tertiary/aromatic N) is 2. The molecular formula is C10H7N3O2. The lowest BCUT2D eigenvalue weighted by molar-refractivity contribution is -0.383. The van der Waals surface area contributed by atoms with Crippen LogP contribution in [0.15, 0.2) is 24.4 Å². The van der Waals surface area contributed by atoms with Crippen LogP contribution in [-0.4, -0.2) is 9.91 Å². The number of hydrogen-bond donors (Lipinski definition) is 1. The third kappa shape index (κ3) is 1.42. The summed E-state index contributed by atoms with van der Waals surface area (Å²) >= 11 is 0. The molecule has 1 aromatic heterocycles. The third-order valence-corrected chi connectivity index (χ3v) is 2.24. The van der Waals surface area contributed by atoms with Crippen LogP contribution in [0.3, 0.4) is 0 Å². The SMILES string of the molecule is N#CCc1ccc2[nH]ccc2c1[N+](=O)[O-]. The molecule has 0 spiro atoms. The summed E-state index contributed by atoms with van der Waals surface area (Å²) < 4.78 is 0. The lowest BCUT2D eigenvalue weighted by atomic mass is 10.1. The molecule has 0 fully saturated rings. The van der Waals surface area contributed by atoms with Gasteiger partial charge in [0.1, 0.15) is 0 Å². The summed E-state index contributed by atoms with van der Waals surface area (Å²) in [7, 11) is 0. The Labute approximate surface area is 85.1 Å². The molecule has 0 saturated carbocycles. The Morgan fingerprint density at radius 2 is 2.27 bits per heavy atom. The summed E-state index contributed by atoms with van der Waals surface area (Å²) in [6, 6.07) is 6.93. The highest BCUT2D eigenvalue weighted by molar-refractivity contribution is 5.90. The van der Waals surface area contributed by atoms with Crippen molar-refractivity contribution in [2.24, 2.45) is 0 Å². The second-order valence-electron chi connectivity index (χ2n) is 3.10. The van der Waals surface area contributed by atoms with E-state index in [1.165, 1.54) is 0 Å². The molecule has 5 nitrogen and oxygen atoms in total. The molecule has 74 valence electrons. The summed E-state index contributed by atoms with van der Waals surface area (Å²) in [5, 5.41) is 20.0. The topological polar surface area (TPSA) is 82.7 Å². The van der Waals surface area contributed by atoms with E-state index in [4.69, 9.17) is 5.26 Å². The largest absolute Gasteiger partial charge is 0.361 e. The normalized spacial score (nSPS) is 10.1. The van der Waals surface area contributed by atoms with Crippen LogP contribution in [0.2, 0.25) is 0 Å². The van der Waals surface area contributed by atoms with Crippen molar-refractivity contribution >= 4 is 16.6 Å². The summed E-state index contributed by atoms with van der Waals surface area (Å²) in [4.78, 5) is 13.3. The van der Waals surface area contributed by atoms with Gasteiger partial charge in [0.15, 0.2) is 0 Å². The minimum atomic E-state index is -0.442. The molecular weight excluding hydrogens is 194 g/mol. The third-order valence-electron chi connectivity index (χ3n) is 2.24. The molecule has 0 radical (unpaired) electrons. The van der Waals surface area contributed by atoms with E-state index in [9.17, 15) is 10.1 Å². The van der Waals surface area contributed by atoms with E-state index in [1.807, 2.05) is 6.07 Å². The van der Waals surface area contributed by atoms with E-state index in [0.29, 0.717) is 16.5 Å². The number of fused-ring (bicyclic) bond motifs is 1. The zero-order valence-electron chi connectivity index (χ0n) is 7.73. The first-order valence-electron chi connectivity index (χ1n) is 4.34. The smallest absolute Gasteiger partial charge is 0.282 e. The number of nitrogens with one attached hydrogen (secondary N) is 1. The van der Waals surface area contributed by atoms with Crippen molar-refractivity contribution in [2.75, 3.05) is 0 Å². The van der Waals surface area contributed by atoms with Crippen molar-refractivity contribution in [3.63, 3.8) is 0 Å². The van der Waals surface area contributed by atoms with E-state index < -0.39 is 4.92 Å². The van der Waals surface area contributed by atoms with Crippen molar-refractivity contribution in [1.29, 1.82) is 5.26 Å². The predicted octanol–water partition coefficient (Wildman–Crippen LogP) is 2.14. The van der Waals surface area contributed by atoms with Crippen LogP contribution in [0.4, 0.5) is 5.69 Å². The van der Waals surface area contributed by atoms with Crippen LogP contribution in [0.1, 0.15) is 5.56 Å². The molecule has 0 aliphatic carbocycles. The van der Waals surface area contributed by atoms with Crippen LogP contribution in [0.5, 0.6) is 0 Å². The molecule has 0 aliphatic rings. The fourth-order valence-electron chi connectivity index (χ4n) is 1.61. The first-order valence-corrected chi connectivity index (χ1v) is 4.34. The van der Waals surface area contributed by atoms with Crippen molar-refractivity contribution in [3.8, 4) is 6.07 Å². The first kappa shape index (κ1) is 9.21. The highest BCUT2D eigenvalue weighted by atomic mass is 16.6. The molecule has 1 N–H and O–H groups in total. The van der Waals surface area contributed by atoms with Crippen LogP contribution in [-0.2, 0) is 6.42 Å². The van der Waals surface area contributed by atoms with E-state index in [2.05, 4.69) is 4.98 Å². The lowest BCUT2D eigenvalue weighted by Crippen LogP contribution is -1.95. The first-order chi connectivity index (χ1) is 7.24. The summed E-state index contributed by atoms with van der Waals surface area (Å²) in [5.41, 5.74) is 1.19. The zero-order valence-corrected chi connectivity index (χ0v) is 7.73. The summed E-state index contributed by atoms with van der Waals surface area (Å²) in [5.74, 6) is 0. The molecule has 2 rings (SSSR count). The molecule has 0 bridgehead atoms. The Hall–Kier alpha value is -2.35. The molecule has 0 amide bonds. The monoisotopic (exact) mass is 201 g/mol. The van der Waals surface area contributed by atoms with Gasteiger partial charge in [0, 0.05) is 11.8 Å². The van der Waals surface area contributed by atoms with Gasteiger partial charge in [-0.15, -0.1) is 0 Å². The standard InChI is InChI=1S/C10H7N3O2/c11-5-3-7-1-2-9-8(4-6-12-9)10(7)13(14)15/h1-2,4,6,12H,3H2. The van der Waals surface area contributed by atoms with Gasteiger partial charge in [0.2, 0.25) is 0 Å². The van der Waals surface area contributed by atoms with Gasteiger partial charge in [-0.05, 0) is 18.2 Å². The number of benzene rings is 1. The summed E-state index contributed by atoms with van der Waals surface area (Å²) in [6.07, 6.45) is 1.70. The molecule has 0 atom stereocenters. The maximum atomic E-state index is 10.9. The fourth-order valence-corrected chi connectivity index (χ4v) is 1.61. The zero-order chi connectivity index (χ0) is 10.8. The number of aromatic nitrogens is 1. The Balaban J connectivity index is 2.76. The van der Waals surface area contributed by atoms with Gasteiger partial charge < -0.3 is 4.98 Å². The Kier molecular flexibility index (Phi) is 2.10. The maximum Gasteiger partial charge on any atom is 0.282 e. The van der Waals surface area contributed by atoms with Crippen LogP contribution >= 0.6 is 0 Å². The minimum Gasteiger partial charge on any atom is -0.361 e. The molecule has 0 saturated heterocycles. The Morgan fingerprint density at radius 3 is 2.93 bits per heavy atom. The van der Waals surface area contributed by atoms with Crippen LogP contribution < -0.4 is 0 Å². The van der Waals surface area contributed by atoms with Crippen molar-refractivity contribution in [3.05, 3.63) is 40.1 Å². The summed E-state index contributed by atoms with van der Waals surface area (Å²) in [6.45, 7) is 0. The second kappa shape index (κ2) is 3.42. The van der Waals surface area contributed by atoms with Gasteiger partial charge in [-0.3, -0.25) is 10.1 Å². The van der Waals surface area contributed by atoms with Gasteiger partial charge in [0.25, 0.3) is 5.69 Å². The van der Waals surface area contributed by atoms with Crippen LogP contribution in [0, 0.1) is 21.4 Å². The highest BCUT2D eigenvalue weighted by Gasteiger charge is 2.18. The predicted molar refractivity (Wildman–Crippen MR) is 54.3 cm³/mol. The molecule has 15 heavy (non-hydrogen) atoms. The van der Waals surface area contributed by atoms with Gasteiger partial charge in [-0.25, -0.2) is 0 Å². The number of nitro groups is 1. The van der Waals surface area contributed by atoms with Crippen molar-refractivity contribution in [2.45, 2.75) is 6.42 Å². The van der Waals surface area contributed by atoms with E-state index in [1.54, 1.807) is 24.4 Å². The average molecular weight is 201 g/mol. The molecule has 1 heterocycles. The van der Waals surface area contributed by atoms with Gasteiger partial charge in [-0.2, -0.15) is 5.26 Å². The number of nitriles is 1. The molecule has 0 unspecified atom stereocenters. The van der Waals surface area contributed by atoms with Gasteiger partial charge in [0.05, 0.1) is 28.3 Å². The molecule has 0 aliphatic heterocycles. The number of H-pyrrole nitrogens is 1. The minimum absolute atomic E-state index is 0.0234. The molecule has 1 aromatic carbocycles. The van der Waals surface area contributed by atoms with Gasteiger partial charge >= 0.3 is 0 Å². The number of hydrogen-bond acceptors (Lipinski definition) is 3. The number of nitro benzene ring substituents is 1. The Morgan fingerprint density at radius 1 is 1.47 bits per heavy atom. The number of aromatic amines is 1. The average Bonchev–Trinajstić information content (AvgIpc) is 2.64. The quantitative estimate of drug-likeness (QED) is 0.596. The van der Waals surface area contributed by atoms with E-state index in [0.717, 1.165) is 0 Å². The van der Waals surface area contributed by atoms with Crippen molar-refractivity contribution in [1.82, 2.24) is 4.98 Å². The molecule has 5 heteroatoms. The van der Waals surface area contributed by atoms with Crippen LogP contribution in [0.25, 0.3) is 10.9 Å². The van der Waals surface area contributed by atoms with E-state index in [-0.39, 0.29) is 12.1 Å². The molecule has 2 aromatic rings. The maximum absolute atomic E-state index is 10.9. The number of rotatable bonds is 2. The Bertz CT molecular complexity index is 566. The lowest BCUT2D eigenvalue weighted by Gasteiger charge is -1.99. The van der Waals surface area contributed by atoms with E-state index >= 15 is 0 Å².